The number of carbonyl (C=O) groups is 3. The van der Waals surface area contributed by atoms with Crippen molar-refractivity contribution in [1.82, 2.24) is 5.32 Å². The second-order valence-corrected chi connectivity index (χ2v) is 6.55. The van der Waals surface area contributed by atoms with Crippen LogP contribution < -0.4 is 10.6 Å². The molecule has 6 nitrogen and oxygen atoms in total. The standard InChI is InChI=1S/C22H24N2O4/c1-14-10-15(2)21(16(3)11-14)24-20(26)13-28-22(27)19(23-17(4)25)12-18-8-6-5-7-9-18/h5-12H,13H2,1-4H3,(H,23,25)(H,24,26)/b19-12-. The molecule has 0 aliphatic rings. The summed E-state index contributed by atoms with van der Waals surface area (Å²) in [5.74, 6) is -1.65. The molecule has 28 heavy (non-hydrogen) atoms. The van der Waals surface area contributed by atoms with Gasteiger partial charge < -0.3 is 15.4 Å². The number of benzene rings is 2. The number of ether oxygens (including phenoxy) is 1. The van der Waals surface area contributed by atoms with Crippen LogP contribution in [0, 0.1) is 20.8 Å². The first-order chi connectivity index (χ1) is 13.3. The summed E-state index contributed by atoms with van der Waals surface area (Å²) in [4.78, 5) is 35.9. The van der Waals surface area contributed by atoms with Gasteiger partial charge in [-0.3, -0.25) is 9.59 Å². The highest BCUT2D eigenvalue weighted by atomic mass is 16.5. The molecular weight excluding hydrogens is 356 g/mol. The van der Waals surface area contributed by atoms with E-state index < -0.39 is 24.4 Å². The average molecular weight is 380 g/mol. The van der Waals surface area contributed by atoms with Crippen LogP contribution in [-0.2, 0) is 19.1 Å². The molecule has 2 rings (SSSR count). The van der Waals surface area contributed by atoms with Crippen molar-refractivity contribution in [3.05, 3.63) is 70.4 Å². The van der Waals surface area contributed by atoms with Crippen molar-refractivity contribution in [1.29, 1.82) is 0 Å². The molecule has 0 aliphatic carbocycles. The van der Waals surface area contributed by atoms with Crippen molar-refractivity contribution in [2.75, 3.05) is 11.9 Å². The monoisotopic (exact) mass is 380 g/mol. The third-order valence-corrected chi connectivity index (χ3v) is 3.92. The van der Waals surface area contributed by atoms with Crippen molar-refractivity contribution in [2.24, 2.45) is 0 Å². The van der Waals surface area contributed by atoms with Crippen molar-refractivity contribution in [3.8, 4) is 0 Å². The summed E-state index contributed by atoms with van der Waals surface area (Å²) < 4.78 is 5.08. The Morgan fingerprint density at radius 1 is 1.00 bits per heavy atom. The first kappa shape index (κ1) is 20.9. The first-order valence-corrected chi connectivity index (χ1v) is 8.85. The van der Waals surface area contributed by atoms with E-state index in [4.69, 9.17) is 4.74 Å². The van der Waals surface area contributed by atoms with Gasteiger partial charge in [-0.1, -0.05) is 48.0 Å². The molecule has 0 saturated carbocycles. The molecule has 0 unspecified atom stereocenters. The van der Waals surface area contributed by atoms with E-state index in [-0.39, 0.29) is 5.70 Å². The number of carbonyl (C=O) groups excluding carboxylic acids is 3. The number of esters is 1. The molecule has 0 spiro atoms. The minimum Gasteiger partial charge on any atom is -0.451 e. The van der Waals surface area contributed by atoms with Crippen LogP contribution in [0.4, 0.5) is 5.69 Å². The van der Waals surface area contributed by atoms with Gasteiger partial charge in [-0.25, -0.2) is 4.79 Å². The van der Waals surface area contributed by atoms with E-state index in [9.17, 15) is 14.4 Å². The summed E-state index contributed by atoms with van der Waals surface area (Å²) in [5.41, 5.74) is 4.35. The third kappa shape index (κ3) is 6.09. The second kappa shape index (κ2) is 9.50. The molecular formula is C22H24N2O4. The quantitative estimate of drug-likeness (QED) is 0.595. The molecule has 0 heterocycles. The zero-order valence-corrected chi connectivity index (χ0v) is 16.5. The van der Waals surface area contributed by atoms with Crippen LogP contribution in [0.2, 0.25) is 0 Å². The minimum absolute atomic E-state index is 0.0332. The molecule has 0 radical (unpaired) electrons. The maximum absolute atomic E-state index is 12.3. The molecule has 0 fully saturated rings. The fraction of sp³-hybridized carbons (Fsp3) is 0.227. The first-order valence-electron chi connectivity index (χ1n) is 8.85. The molecule has 6 heteroatoms. The Balaban J connectivity index is 2.05. The third-order valence-electron chi connectivity index (χ3n) is 3.92. The molecule has 0 aliphatic heterocycles. The predicted octanol–water partition coefficient (Wildman–Crippen LogP) is 3.27. The molecule has 2 N–H and O–H groups in total. The van der Waals surface area contributed by atoms with E-state index in [1.165, 1.54) is 13.0 Å². The van der Waals surface area contributed by atoms with Crippen LogP contribution in [0.3, 0.4) is 0 Å². The Labute approximate surface area is 164 Å². The van der Waals surface area contributed by atoms with Gasteiger partial charge in [0.1, 0.15) is 5.70 Å². The summed E-state index contributed by atoms with van der Waals surface area (Å²) in [5, 5.41) is 5.21. The van der Waals surface area contributed by atoms with Crippen LogP contribution >= 0.6 is 0 Å². The van der Waals surface area contributed by atoms with Crippen LogP contribution in [-0.4, -0.2) is 24.4 Å². The average Bonchev–Trinajstić information content (AvgIpc) is 2.62. The van der Waals surface area contributed by atoms with E-state index in [1.807, 2.05) is 51.1 Å². The highest BCUT2D eigenvalue weighted by Crippen LogP contribution is 2.21. The molecule has 0 atom stereocenters. The van der Waals surface area contributed by atoms with Crippen molar-refractivity contribution in [3.63, 3.8) is 0 Å². The second-order valence-electron chi connectivity index (χ2n) is 6.55. The van der Waals surface area contributed by atoms with Gasteiger partial charge >= 0.3 is 5.97 Å². The Kier molecular flexibility index (Phi) is 7.09. The zero-order chi connectivity index (χ0) is 20.7. The number of hydrogen-bond donors (Lipinski definition) is 2. The summed E-state index contributed by atoms with van der Waals surface area (Å²) >= 11 is 0. The molecule has 2 aromatic carbocycles. The fourth-order valence-corrected chi connectivity index (χ4v) is 2.81. The Hall–Kier alpha value is -3.41. The highest BCUT2D eigenvalue weighted by molar-refractivity contribution is 6.00. The van der Waals surface area contributed by atoms with E-state index in [1.54, 1.807) is 12.1 Å². The van der Waals surface area contributed by atoms with Gasteiger partial charge in [0, 0.05) is 12.6 Å². The lowest BCUT2D eigenvalue weighted by Gasteiger charge is -2.13. The molecule has 0 saturated heterocycles. The number of amides is 2. The number of nitrogens with one attached hydrogen (secondary N) is 2. The van der Waals surface area contributed by atoms with Gasteiger partial charge in [-0.05, 0) is 43.5 Å². The van der Waals surface area contributed by atoms with Crippen LogP contribution in [0.25, 0.3) is 6.08 Å². The summed E-state index contributed by atoms with van der Waals surface area (Å²) in [6, 6.07) is 12.9. The number of rotatable bonds is 6. The van der Waals surface area contributed by atoms with Crippen LogP contribution in [0.5, 0.6) is 0 Å². The van der Waals surface area contributed by atoms with Gasteiger partial charge in [0.15, 0.2) is 6.61 Å². The number of anilines is 1. The van der Waals surface area contributed by atoms with Crippen LogP contribution in [0.1, 0.15) is 29.2 Å². The molecule has 0 bridgehead atoms. The topological polar surface area (TPSA) is 84.5 Å². The Bertz CT molecular complexity index is 894. The van der Waals surface area contributed by atoms with Gasteiger partial charge in [0.2, 0.25) is 5.91 Å². The molecule has 2 aromatic rings. The van der Waals surface area contributed by atoms with Gasteiger partial charge in [-0.2, -0.15) is 0 Å². The number of aryl methyl sites for hydroxylation is 3. The lowest BCUT2D eigenvalue weighted by Crippen LogP contribution is -2.29. The van der Waals surface area contributed by atoms with Gasteiger partial charge in [0.25, 0.3) is 5.91 Å². The largest absolute Gasteiger partial charge is 0.451 e. The van der Waals surface area contributed by atoms with Crippen molar-refractivity contribution < 1.29 is 19.1 Å². The van der Waals surface area contributed by atoms with E-state index in [2.05, 4.69) is 10.6 Å². The lowest BCUT2D eigenvalue weighted by atomic mass is 10.1. The molecule has 0 aromatic heterocycles. The summed E-state index contributed by atoms with van der Waals surface area (Å²) in [6.45, 7) is 6.62. The summed E-state index contributed by atoms with van der Waals surface area (Å²) in [6.07, 6.45) is 1.50. The maximum atomic E-state index is 12.3. The predicted molar refractivity (Wildman–Crippen MR) is 108 cm³/mol. The SMILES string of the molecule is CC(=O)N/C(=C\c1ccccc1)C(=O)OCC(=O)Nc1c(C)cc(C)cc1C. The smallest absolute Gasteiger partial charge is 0.355 e. The minimum atomic E-state index is -0.786. The Morgan fingerprint density at radius 3 is 2.18 bits per heavy atom. The maximum Gasteiger partial charge on any atom is 0.355 e. The van der Waals surface area contributed by atoms with Gasteiger partial charge in [-0.15, -0.1) is 0 Å². The van der Waals surface area contributed by atoms with Crippen molar-refractivity contribution in [2.45, 2.75) is 27.7 Å². The Morgan fingerprint density at radius 2 is 1.61 bits per heavy atom. The van der Waals surface area contributed by atoms with Crippen molar-refractivity contribution >= 4 is 29.5 Å². The normalized spacial score (nSPS) is 10.9. The van der Waals surface area contributed by atoms with E-state index >= 15 is 0 Å². The highest BCUT2D eigenvalue weighted by Gasteiger charge is 2.16. The fourth-order valence-electron chi connectivity index (χ4n) is 2.81. The molecule has 2 amide bonds. The van der Waals surface area contributed by atoms with E-state index in [0.717, 1.165) is 22.3 Å². The van der Waals surface area contributed by atoms with E-state index in [0.29, 0.717) is 5.69 Å². The van der Waals surface area contributed by atoms with Crippen LogP contribution in [0.15, 0.2) is 48.2 Å². The molecule has 146 valence electrons. The zero-order valence-electron chi connectivity index (χ0n) is 16.5. The lowest BCUT2D eigenvalue weighted by molar-refractivity contribution is -0.144. The summed E-state index contributed by atoms with van der Waals surface area (Å²) in [7, 11) is 0. The number of hydrogen-bond acceptors (Lipinski definition) is 4. The van der Waals surface area contributed by atoms with Gasteiger partial charge in [0.05, 0.1) is 0 Å².